The van der Waals surface area contributed by atoms with Crippen LogP contribution in [0.25, 0.3) is 0 Å². The highest BCUT2D eigenvalue weighted by molar-refractivity contribution is 6.31. The summed E-state index contributed by atoms with van der Waals surface area (Å²) >= 11 is 6.05. The lowest BCUT2D eigenvalue weighted by Crippen LogP contribution is -2.26. The fraction of sp³-hybridized carbons (Fsp3) is 0.692. The summed E-state index contributed by atoms with van der Waals surface area (Å²) in [6.45, 7) is 8.32. The molecule has 0 aliphatic carbocycles. The van der Waals surface area contributed by atoms with E-state index in [0.29, 0.717) is 37.7 Å². The van der Waals surface area contributed by atoms with Crippen LogP contribution in [-0.4, -0.2) is 35.4 Å². The lowest BCUT2D eigenvalue weighted by Gasteiger charge is -2.06. The second-order valence-electron chi connectivity index (χ2n) is 4.36. The van der Waals surface area contributed by atoms with Gasteiger partial charge in [0.1, 0.15) is 0 Å². The van der Waals surface area contributed by atoms with Crippen LogP contribution in [0.2, 0.25) is 5.02 Å². The molecule has 0 atom stereocenters. The van der Waals surface area contributed by atoms with E-state index in [1.807, 2.05) is 20.8 Å². The predicted octanol–water partition coefficient (Wildman–Crippen LogP) is 2.09. The number of hydrogen-bond acceptors (Lipinski definition) is 3. The molecule has 0 aliphatic rings. The first kappa shape index (κ1) is 16.0. The molecule has 0 unspecified atom stereocenters. The summed E-state index contributed by atoms with van der Waals surface area (Å²) in [7, 11) is 0. The molecular weight excluding hydrogens is 266 g/mol. The molecule has 1 amide bonds. The third-order valence-electron chi connectivity index (χ3n) is 2.84. The highest BCUT2D eigenvalue weighted by atomic mass is 35.5. The van der Waals surface area contributed by atoms with Crippen LogP contribution < -0.4 is 5.32 Å². The Hall–Kier alpha value is -1.07. The van der Waals surface area contributed by atoms with Crippen LogP contribution in [0.3, 0.4) is 0 Å². The fourth-order valence-corrected chi connectivity index (χ4v) is 1.87. The molecule has 0 saturated carbocycles. The second kappa shape index (κ2) is 8.17. The zero-order valence-electron chi connectivity index (χ0n) is 11.8. The molecule has 1 aromatic rings. The predicted molar refractivity (Wildman–Crippen MR) is 75.4 cm³/mol. The maximum absolute atomic E-state index is 11.6. The van der Waals surface area contributed by atoms with Crippen molar-refractivity contribution in [3.05, 3.63) is 16.4 Å². The van der Waals surface area contributed by atoms with Gasteiger partial charge in [0, 0.05) is 26.2 Å². The first-order valence-corrected chi connectivity index (χ1v) is 6.98. The smallest absolute Gasteiger partial charge is 0.221 e. The average Bonchev–Trinajstić information content (AvgIpc) is 2.63. The molecule has 1 heterocycles. The molecule has 0 bridgehead atoms. The topological polar surface area (TPSA) is 56.1 Å². The van der Waals surface area contributed by atoms with Crippen molar-refractivity contribution in [2.24, 2.45) is 0 Å². The van der Waals surface area contributed by atoms with Gasteiger partial charge in [-0.1, -0.05) is 11.6 Å². The summed E-state index contributed by atoms with van der Waals surface area (Å²) in [5, 5.41) is 7.82. The summed E-state index contributed by atoms with van der Waals surface area (Å²) in [6.07, 6.45) is 1.25. The van der Waals surface area contributed by atoms with Gasteiger partial charge in [0.25, 0.3) is 0 Å². The number of halogens is 1. The van der Waals surface area contributed by atoms with E-state index in [1.54, 1.807) is 4.68 Å². The van der Waals surface area contributed by atoms with Crippen molar-refractivity contribution >= 4 is 17.5 Å². The zero-order chi connectivity index (χ0) is 14.3. The van der Waals surface area contributed by atoms with E-state index in [0.717, 1.165) is 17.8 Å². The SMILES string of the molecule is CCOCCCNC(=O)CCn1nc(C)c(Cl)c1C. The van der Waals surface area contributed by atoms with E-state index in [9.17, 15) is 4.79 Å². The molecule has 0 aromatic carbocycles. The standard InChI is InChI=1S/C13H22ClN3O2/c1-4-19-9-5-7-15-12(18)6-8-17-11(3)13(14)10(2)16-17/h4-9H2,1-3H3,(H,15,18). The second-order valence-corrected chi connectivity index (χ2v) is 4.74. The molecule has 1 aromatic heterocycles. The third-order valence-corrected chi connectivity index (χ3v) is 3.38. The van der Waals surface area contributed by atoms with Crippen molar-refractivity contribution in [1.29, 1.82) is 0 Å². The Balaban J connectivity index is 2.24. The fourth-order valence-electron chi connectivity index (χ4n) is 1.73. The Labute approximate surface area is 119 Å². The molecule has 0 saturated heterocycles. The van der Waals surface area contributed by atoms with Crippen LogP contribution in [0.4, 0.5) is 0 Å². The molecule has 1 N–H and O–H groups in total. The first-order chi connectivity index (χ1) is 9.06. The van der Waals surface area contributed by atoms with E-state index in [4.69, 9.17) is 16.3 Å². The van der Waals surface area contributed by atoms with Gasteiger partial charge in [-0.05, 0) is 27.2 Å². The number of carbonyl (C=O) groups is 1. The third kappa shape index (κ3) is 5.20. The molecule has 6 heteroatoms. The maximum Gasteiger partial charge on any atom is 0.221 e. The Morgan fingerprint density at radius 2 is 2.21 bits per heavy atom. The van der Waals surface area contributed by atoms with Crippen molar-refractivity contribution < 1.29 is 9.53 Å². The number of rotatable bonds is 8. The quantitative estimate of drug-likeness (QED) is 0.745. The zero-order valence-corrected chi connectivity index (χ0v) is 12.6. The minimum absolute atomic E-state index is 0.0279. The van der Waals surface area contributed by atoms with Crippen molar-refractivity contribution in [2.45, 2.75) is 40.2 Å². The Kier molecular flexibility index (Phi) is 6.87. The minimum atomic E-state index is 0.0279. The number of nitrogens with zero attached hydrogens (tertiary/aromatic N) is 2. The molecular formula is C13H22ClN3O2. The van der Waals surface area contributed by atoms with Gasteiger partial charge in [0.05, 0.1) is 23.0 Å². The van der Waals surface area contributed by atoms with E-state index in [2.05, 4.69) is 10.4 Å². The van der Waals surface area contributed by atoms with Crippen molar-refractivity contribution in [1.82, 2.24) is 15.1 Å². The normalized spacial score (nSPS) is 10.7. The van der Waals surface area contributed by atoms with Crippen LogP contribution in [0.5, 0.6) is 0 Å². The molecule has 1 rings (SSSR count). The van der Waals surface area contributed by atoms with Gasteiger partial charge in [-0.15, -0.1) is 0 Å². The number of ether oxygens (including phenoxy) is 1. The van der Waals surface area contributed by atoms with Crippen LogP contribution in [0.1, 0.15) is 31.2 Å². The number of hydrogen-bond donors (Lipinski definition) is 1. The average molecular weight is 288 g/mol. The van der Waals surface area contributed by atoms with Gasteiger partial charge in [-0.3, -0.25) is 9.48 Å². The van der Waals surface area contributed by atoms with Gasteiger partial charge in [0.15, 0.2) is 0 Å². The molecule has 0 radical (unpaired) electrons. The minimum Gasteiger partial charge on any atom is -0.382 e. The maximum atomic E-state index is 11.6. The van der Waals surface area contributed by atoms with Gasteiger partial charge in [0.2, 0.25) is 5.91 Å². The molecule has 0 fully saturated rings. The van der Waals surface area contributed by atoms with Crippen LogP contribution in [0, 0.1) is 13.8 Å². The van der Waals surface area contributed by atoms with Crippen LogP contribution in [0.15, 0.2) is 0 Å². The summed E-state index contributed by atoms with van der Waals surface area (Å²) in [6, 6.07) is 0. The van der Waals surface area contributed by atoms with Gasteiger partial charge < -0.3 is 10.1 Å². The number of carbonyl (C=O) groups excluding carboxylic acids is 1. The van der Waals surface area contributed by atoms with Crippen molar-refractivity contribution in [3.8, 4) is 0 Å². The molecule has 5 nitrogen and oxygen atoms in total. The van der Waals surface area contributed by atoms with Gasteiger partial charge in [-0.2, -0.15) is 5.10 Å². The number of nitrogens with one attached hydrogen (secondary N) is 1. The number of amides is 1. The van der Waals surface area contributed by atoms with E-state index < -0.39 is 0 Å². The van der Waals surface area contributed by atoms with Gasteiger partial charge in [-0.25, -0.2) is 0 Å². The highest BCUT2D eigenvalue weighted by Gasteiger charge is 2.10. The van der Waals surface area contributed by atoms with Gasteiger partial charge >= 0.3 is 0 Å². The van der Waals surface area contributed by atoms with Crippen molar-refractivity contribution in [2.75, 3.05) is 19.8 Å². The molecule has 19 heavy (non-hydrogen) atoms. The number of aromatic nitrogens is 2. The van der Waals surface area contributed by atoms with Crippen LogP contribution >= 0.6 is 11.6 Å². The van der Waals surface area contributed by atoms with E-state index >= 15 is 0 Å². The Morgan fingerprint density at radius 3 is 2.79 bits per heavy atom. The Bertz CT molecular complexity index is 418. The molecule has 108 valence electrons. The number of aryl methyl sites for hydroxylation is 2. The monoisotopic (exact) mass is 287 g/mol. The summed E-state index contributed by atoms with van der Waals surface area (Å²) < 4.78 is 6.97. The van der Waals surface area contributed by atoms with Crippen molar-refractivity contribution in [3.63, 3.8) is 0 Å². The summed E-state index contributed by atoms with van der Waals surface area (Å²) in [4.78, 5) is 11.6. The summed E-state index contributed by atoms with van der Waals surface area (Å²) in [5.74, 6) is 0.0279. The lowest BCUT2D eigenvalue weighted by atomic mass is 10.3. The molecule has 0 aliphatic heterocycles. The van der Waals surface area contributed by atoms with E-state index in [-0.39, 0.29) is 5.91 Å². The molecule has 0 spiro atoms. The van der Waals surface area contributed by atoms with Crippen LogP contribution in [-0.2, 0) is 16.1 Å². The largest absolute Gasteiger partial charge is 0.382 e. The summed E-state index contributed by atoms with van der Waals surface area (Å²) in [5.41, 5.74) is 1.71. The lowest BCUT2D eigenvalue weighted by molar-refractivity contribution is -0.121. The van der Waals surface area contributed by atoms with E-state index in [1.165, 1.54) is 0 Å². The highest BCUT2D eigenvalue weighted by Crippen LogP contribution is 2.18. The Morgan fingerprint density at radius 1 is 1.47 bits per heavy atom. The first-order valence-electron chi connectivity index (χ1n) is 6.60.